The molecule has 0 aliphatic carbocycles. The van der Waals surface area contributed by atoms with Crippen molar-refractivity contribution in [1.29, 1.82) is 0 Å². The quantitative estimate of drug-likeness (QED) is 0.631. The van der Waals surface area contributed by atoms with E-state index in [0.29, 0.717) is 0 Å². The number of rotatable bonds is 6. The summed E-state index contributed by atoms with van der Waals surface area (Å²) < 4.78 is 0. The standard InChI is InChI=1S/C21H25ClN4/c22-18-8-9-19-20(14-18)25-21(24-19)17-6-4-16(5-7-17)15-23-10-13-26-11-2-1-3-12-26/h4-9,14,23H,1-3,10-13,15H2,(H,24,25). The molecule has 0 spiro atoms. The van der Waals surface area contributed by atoms with Gasteiger partial charge in [-0.15, -0.1) is 0 Å². The zero-order valence-corrected chi connectivity index (χ0v) is 15.7. The van der Waals surface area contributed by atoms with Crippen LogP contribution in [0.2, 0.25) is 5.02 Å². The van der Waals surface area contributed by atoms with E-state index in [1.807, 2.05) is 18.2 Å². The normalized spacial score (nSPS) is 15.6. The van der Waals surface area contributed by atoms with Crippen molar-refractivity contribution >= 4 is 22.6 Å². The monoisotopic (exact) mass is 368 g/mol. The lowest BCUT2D eigenvalue weighted by Crippen LogP contribution is -2.35. The second-order valence-corrected chi connectivity index (χ2v) is 7.46. The third-order valence-corrected chi connectivity index (χ3v) is 5.29. The number of hydrogen-bond donors (Lipinski definition) is 2. The largest absolute Gasteiger partial charge is 0.338 e. The maximum absolute atomic E-state index is 6.05. The van der Waals surface area contributed by atoms with Gasteiger partial charge in [0.1, 0.15) is 5.82 Å². The van der Waals surface area contributed by atoms with Crippen LogP contribution in [-0.2, 0) is 6.54 Å². The van der Waals surface area contributed by atoms with Crippen LogP contribution in [0, 0.1) is 0 Å². The first-order chi connectivity index (χ1) is 12.8. The van der Waals surface area contributed by atoms with Crippen LogP contribution in [0.5, 0.6) is 0 Å². The maximum atomic E-state index is 6.05. The Morgan fingerprint density at radius 1 is 1.04 bits per heavy atom. The molecule has 2 heterocycles. The van der Waals surface area contributed by atoms with Crippen molar-refractivity contribution in [3.05, 3.63) is 53.1 Å². The number of nitrogens with zero attached hydrogens (tertiary/aromatic N) is 2. The summed E-state index contributed by atoms with van der Waals surface area (Å²) in [7, 11) is 0. The Morgan fingerprint density at radius 3 is 2.65 bits per heavy atom. The fourth-order valence-corrected chi connectivity index (χ4v) is 3.72. The number of imidazole rings is 1. The molecule has 0 amide bonds. The second kappa shape index (κ2) is 8.21. The first-order valence-corrected chi connectivity index (χ1v) is 9.83. The molecular formula is C21H25ClN4. The van der Waals surface area contributed by atoms with E-state index in [1.54, 1.807) is 0 Å². The fourth-order valence-electron chi connectivity index (χ4n) is 3.55. The van der Waals surface area contributed by atoms with Crippen LogP contribution in [0.25, 0.3) is 22.4 Å². The van der Waals surface area contributed by atoms with Gasteiger partial charge in [-0.2, -0.15) is 0 Å². The van der Waals surface area contributed by atoms with Gasteiger partial charge >= 0.3 is 0 Å². The minimum absolute atomic E-state index is 0.721. The molecule has 2 N–H and O–H groups in total. The van der Waals surface area contributed by atoms with E-state index >= 15 is 0 Å². The highest BCUT2D eigenvalue weighted by molar-refractivity contribution is 6.31. The average Bonchev–Trinajstić information content (AvgIpc) is 3.10. The minimum Gasteiger partial charge on any atom is -0.338 e. The summed E-state index contributed by atoms with van der Waals surface area (Å²) in [5.74, 6) is 0.881. The minimum atomic E-state index is 0.721. The first kappa shape index (κ1) is 17.5. The predicted molar refractivity (Wildman–Crippen MR) is 109 cm³/mol. The van der Waals surface area contributed by atoms with E-state index in [4.69, 9.17) is 11.6 Å². The fraction of sp³-hybridized carbons (Fsp3) is 0.381. The van der Waals surface area contributed by atoms with Crippen LogP contribution in [0.4, 0.5) is 0 Å². The van der Waals surface area contributed by atoms with Crippen molar-refractivity contribution in [2.24, 2.45) is 0 Å². The number of hydrogen-bond acceptors (Lipinski definition) is 3. The molecule has 0 bridgehead atoms. The highest BCUT2D eigenvalue weighted by atomic mass is 35.5. The summed E-state index contributed by atoms with van der Waals surface area (Å²) in [5.41, 5.74) is 4.30. The van der Waals surface area contributed by atoms with Crippen molar-refractivity contribution in [3.63, 3.8) is 0 Å². The van der Waals surface area contributed by atoms with Crippen LogP contribution in [0.3, 0.4) is 0 Å². The third-order valence-electron chi connectivity index (χ3n) is 5.05. The Hall–Kier alpha value is -1.88. The smallest absolute Gasteiger partial charge is 0.138 e. The van der Waals surface area contributed by atoms with E-state index in [-0.39, 0.29) is 0 Å². The van der Waals surface area contributed by atoms with Gasteiger partial charge in [-0.1, -0.05) is 42.3 Å². The SMILES string of the molecule is Clc1ccc2nc(-c3ccc(CNCCN4CCCCC4)cc3)[nH]c2c1. The number of halogens is 1. The van der Waals surface area contributed by atoms with Gasteiger partial charge in [0.25, 0.3) is 0 Å². The van der Waals surface area contributed by atoms with Gasteiger partial charge in [0, 0.05) is 30.2 Å². The van der Waals surface area contributed by atoms with Crippen LogP contribution in [-0.4, -0.2) is 41.0 Å². The lowest BCUT2D eigenvalue weighted by molar-refractivity contribution is 0.229. The highest BCUT2D eigenvalue weighted by Crippen LogP contribution is 2.23. The molecule has 26 heavy (non-hydrogen) atoms. The topological polar surface area (TPSA) is 44.0 Å². The molecule has 3 aromatic rings. The van der Waals surface area contributed by atoms with Crippen molar-refractivity contribution in [3.8, 4) is 11.4 Å². The number of likely N-dealkylation sites (tertiary alicyclic amines) is 1. The Labute approximate surface area is 159 Å². The molecule has 1 aliphatic heterocycles. The molecule has 2 aromatic carbocycles. The zero-order valence-electron chi connectivity index (χ0n) is 15.0. The molecule has 4 rings (SSSR count). The molecule has 1 saturated heterocycles. The van der Waals surface area contributed by atoms with Crippen LogP contribution < -0.4 is 5.32 Å². The lowest BCUT2D eigenvalue weighted by Gasteiger charge is -2.26. The van der Waals surface area contributed by atoms with Gasteiger partial charge < -0.3 is 15.2 Å². The molecule has 0 radical (unpaired) electrons. The molecule has 0 saturated carbocycles. The van der Waals surface area contributed by atoms with Gasteiger partial charge in [0.2, 0.25) is 0 Å². The zero-order chi connectivity index (χ0) is 17.8. The number of fused-ring (bicyclic) bond motifs is 1. The first-order valence-electron chi connectivity index (χ1n) is 9.45. The van der Waals surface area contributed by atoms with Gasteiger partial charge in [-0.25, -0.2) is 4.98 Å². The van der Waals surface area contributed by atoms with Gasteiger partial charge in [-0.05, 0) is 49.7 Å². The molecule has 0 unspecified atom stereocenters. The Morgan fingerprint density at radius 2 is 1.85 bits per heavy atom. The molecule has 1 aliphatic rings. The predicted octanol–water partition coefficient (Wildman–Crippen LogP) is 4.46. The van der Waals surface area contributed by atoms with E-state index in [9.17, 15) is 0 Å². The molecule has 1 aromatic heterocycles. The molecule has 0 atom stereocenters. The van der Waals surface area contributed by atoms with Gasteiger partial charge in [-0.3, -0.25) is 0 Å². The Bertz CT molecular complexity index is 850. The molecule has 4 nitrogen and oxygen atoms in total. The molecule has 136 valence electrons. The van der Waals surface area contributed by atoms with Crippen molar-refractivity contribution in [1.82, 2.24) is 20.2 Å². The second-order valence-electron chi connectivity index (χ2n) is 7.02. The van der Waals surface area contributed by atoms with Gasteiger partial charge in [0.05, 0.1) is 11.0 Å². The van der Waals surface area contributed by atoms with Crippen LogP contribution in [0.15, 0.2) is 42.5 Å². The van der Waals surface area contributed by atoms with Crippen molar-refractivity contribution in [2.75, 3.05) is 26.2 Å². The summed E-state index contributed by atoms with van der Waals surface area (Å²) in [4.78, 5) is 10.6. The molecular weight excluding hydrogens is 344 g/mol. The summed E-state index contributed by atoms with van der Waals surface area (Å²) >= 11 is 6.05. The molecule has 5 heteroatoms. The van der Waals surface area contributed by atoms with E-state index in [0.717, 1.165) is 47.1 Å². The summed E-state index contributed by atoms with van der Waals surface area (Å²) in [6, 6.07) is 14.3. The lowest BCUT2D eigenvalue weighted by atomic mass is 10.1. The highest BCUT2D eigenvalue weighted by Gasteiger charge is 2.09. The summed E-state index contributed by atoms with van der Waals surface area (Å²) in [6.45, 7) is 5.63. The van der Waals surface area contributed by atoms with Crippen molar-refractivity contribution in [2.45, 2.75) is 25.8 Å². The molecule has 1 fully saturated rings. The van der Waals surface area contributed by atoms with Gasteiger partial charge in [0.15, 0.2) is 0 Å². The third kappa shape index (κ3) is 4.26. The summed E-state index contributed by atoms with van der Waals surface area (Å²) in [5, 5.41) is 4.28. The number of piperidine rings is 1. The summed E-state index contributed by atoms with van der Waals surface area (Å²) in [6.07, 6.45) is 4.11. The number of H-pyrrole nitrogens is 1. The number of nitrogens with one attached hydrogen (secondary N) is 2. The average molecular weight is 369 g/mol. The van der Waals surface area contributed by atoms with E-state index < -0.39 is 0 Å². The number of aromatic amines is 1. The Kier molecular flexibility index (Phi) is 5.54. The van der Waals surface area contributed by atoms with E-state index in [1.165, 1.54) is 37.9 Å². The van der Waals surface area contributed by atoms with E-state index in [2.05, 4.69) is 44.5 Å². The van der Waals surface area contributed by atoms with Crippen molar-refractivity contribution < 1.29 is 0 Å². The number of benzene rings is 2. The maximum Gasteiger partial charge on any atom is 0.138 e. The number of aromatic nitrogens is 2. The van der Waals surface area contributed by atoms with Crippen LogP contribution >= 0.6 is 11.6 Å². The Balaban J connectivity index is 1.32. The van der Waals surface area contributed by atoms with Crippen LogP contribution in [0.1, 0.15) is 24.8 Å².